The van der Waals surface area contributed by atoms with Crippen molar-refractivity contribution in [2.75, 3.05) is 29.9 Å². The minimum absolute atomic E-state index is 0.308. The van der Waals surface area contributed by atoms with E-state index in [0.717, 1.165) is 55.0 Å². The van der Waals surface area contributed by atoms with E-state index < -0.39 is 0 Å². The summed E-state index contributed by atoms with van der Waals surface area (Å²) >= 11 is 0. The standard InChI is InChI=1S/C25H26FN5O/c1-17-14-28-24-23(17)25(30-16-29-24)31-10-8-18(9-11-31)15-27-20-5-3-7-22(13-20)32-21-6-2-4-19(26)12-21/h2-7,12-14,16,18,27H,8-11,15H2,1H3,(H,28,29,30). The lowest BCUT2D eigenvalue weighted by molar-refractivity contribution is 0.422. The fourth-order valence-corrected chi connectivity index (χ4v) is 4.28. The highest BCUT2D eigenvalue weighted by Crippen LogP contribution is 2.30. The van der Waals surface area contributed by atoms with Gasteiger partial charge in [0.15, 0.2) is 0 Å². The number of fused-ring (bicyclic) bond motifs is 1. The van der Waals surface area contributed by atoms with Gasteiger partial charge in [-0.1, -0.05) is 12.1 Å². The monoisotopic (exact) mass is 431 g/mol. The first kappa shape index (κ1) is 20.3. The van der Waals surface area contributed by atoms with E-state index >= 15 is 0 Å². The molecule has 2 aromatic heterocycles. The normalized spacial score (nSPS) is 14.6. The molecule has 2 aromatic carbocycles. The highest BCUT2D eigenvalue weighted by Gasteiger charge is 2.22. The van der Waals surface area contributed by atoms with Crippen LogP contribution < -0.4 is 15.0 Å². The molecule has 32 heavy (non-hydrogen) atoms. The van der Waals surface area contributed by atoms with Gasteiger partial charge in [-0.25, -0.2) is 14.4 Å². The molecule has 1 aliphatic heterocycles. The summed E-state index contributed by atoms with van der Waals surface area (Å²) in [5, 5.41) is 4.66. The van der Waals surface area contributed by atoms with E-state index in [-0.39, 0.29) is 5.82 Å². The Labute approximate surface area is 186 Å². The van der Waals surface area contributed by atoms with Crippen LogP contribution in [0.25, 0.3) is 11.0 Å². The third-order valence-corrected chi connectivity index (χ3v) is 6.02. The fraction of sp³-hybridized carbons (Fsp3) is 0.280. The van der Waals surface area contributed by atoms with Gasteiger partial charge in [0.1, 0.15) is 35.1 Å². The van der Waals surface area contributed by atoms with E-state index in [4.69, 9.17) is 4.74 Å². The summed E-state index contributed by atoms with van der Waals surface area (Å²) in [6.45, 7) is 4.95. The van der Waals surface area contributed by atoms with Crippen molar-refractivity contribution in [2.24, 2.45) is 5.92 Å². The Hall–Kier alpha value is -3.61. The van der Waals surface area contributed by atoms with Crippen LogP contribution in [0.1, 0.15) is 18.4 Å². The first-order valence-corrected chi connectivity index (χ1v) is 11.0. The van der Waals surface area contributed by atoms with Crippen LogP contribution >= 0.6 is 0 Å². The second kappa shape index (κ2) is 8.86. The molecule has 1 fully saturated rings. The molecule has 6 nitrogen and oxygen atoms in total. The molecule has 164 valence electrons. The van der Waals surface area contributed by atoms with Gasteiger partial charge in [-0.15, -0.1) is 0 Å². The van der Waals surface area contributed by atoms with Crippen LogP contribution in [0, 0.1) is 18.7 Å². The lowest BCUT2D eigenvalue weighted by Gasteiger charge is -2.33. The molecule has 0 bridgehead atoms. The van der Waals surface area contributed by atoms with Crippen molar-refractivity contribution >= 4 is 22.5 Å². The quantitative estimate of drug-likeness (QED) is 0.420. The summed E-state index contributed by atoms with van der Waals surface area (Å²) in [6.07, 6.45) is 5.83. The molecular formula is C25H26FN5O. The van der Waals surface area contributed by atoms with Gasteiger partial charge < -0.3 is 19.9 Å². The van der Waals surface area contributed by atoms with Gasteiger partial charge in [0.2, 0.25) is 0 Å². The fourth-order valence-electron chi connectivity index (χ4n) is 4.28. The van der Waals surface area contributed by atoms with Crippen LogP contribution in [0.3, 0.4) is 0 Å². The molecule has 0 saturated carbocycles. The van der Waals surface area contributed by atoms with Crippen molar-refractivity contribution in [1.82, 2.24) is 15.0 Å². The third-order valence-electron chi connectivity index (χ3n) is 6.02. The lowest BCUT2D eigenvalue weighted by Crippen LogP contribution is -2.36. The molecule has 4 aromatic rings. The molecule has 3 heterocycles. The summed E-state index contributed by atoms with van der Waals surface area (Å²) in [5.74, 6) is 2.49. The minimum Gasteiger partial charge on any atom is -0.457 e. The van der Waals surface area contributed by atoms with Gasteiger partial charge in [0, 0.05) is 43.7 Å². The van der Waals surface area contributed by atoms with Gasteiger partial charge in [-0.3, -0.25) is 0 Å². The number of piperidine rings is 1. The van der Waals surface area contributed by atoms with Gasteiger partial charge >= 0.3 is 0 Å². The number of ether oxygens (including phenoxy) is 1. The van der Waals surface area contributed by atoms with Crippen LogP contribution in [0.2, 0.25) is 0 Å². The SMILES string of the molecule is Cc1c[nH]c2ncnc(N3CCC(CNc4cccc(Oc5cccc(F)c5)c4)CC3)c12. The number of H-pyrrole nitrogens is 1. The smallest absolute Gasteiger partial charge is 0.143 e. The second-order valence-electron chi connectivity index (χ2n) is 8.29. The van der Waals surface area contributed by atoms with E-state index in [2.05, 4.69) is 32.1 Å². The molecule has 7 heteroatoms. The number of aromatic amines is 1. The molecule has 0 amide bonds. The molecular weight excluding hydrogens is 405 g/mol. The molecule has 0 radical (unpaired) electrons. The molecule has 0 unspecified atom stereocenters. The Morgan fingerprint density at radius 1 is 1.09 bits per heavy atom. The number of benzene rings is 2. The van der Waals surface area contributed by atoms with Crippen LogP contribution in [0.5, 0.6) is 11.5 Å². The zero-order valence-corrected chi connectivity index (χ0v) is 18.0. The number of aromatic nitrogens is 3. The van der Waals surface area contributed by atoms with Crippen LogP contribution in [-0.4, -0.2) is 34.6 Å². The van der Waals surface area contributed by atoms with Crippen molar-refractivity contribution in [1.29, 1.82) is 0 Å². The van der Waals surface area contributed by atoms with Crippen LogP contribution in [0.4, 0.5) is 15.9 Å². The lowest BCUT2D eigenvalue weighted by atomic mass is 9.96. The van der Waals surface area contributed by atoms with Crippen molar-refractivity contribution in [3.8, 4) is 11.5 Å². The van der Waals surface area contributed by atoms with Crippen LogP contribution in [-0.2, 0) is 0 Å². The van der Waals surface area contributed by atoms with E-state index in [1.54, 1.807) is 18.5 Å². The van der Waals surface area contributed by atoms with Crippen molar-refractivity contribution < 1.29 is 9.13 Å². The molecule has 5 rings (SSSR count). The number of halogens is 1. The van der Waals surface area contributed by atoms with E-state index in [0.29, 0.717) is 17.4 Å². The summed E-state index contributed by atoms with van der Waals surface area (Å²) in [4.78, 5) is 14.5. The number of hydrogen-bond acceptors (Lipinski definition) is 5. The zero-order valence-electron chi connectivity index (χ0n) is 18.0. The number of hydrogen-bond donors (Lipinski definition) is 2. The van der Waals surface area contributed by atoms with Crippen molar-refractivity contribution in [2.45, 2.75) is 19.8 Å². The van der Waals surface area contributed by atoms with Crippen LogP contribution in [0.15, 0.2) is 61.1 Å². The summed E-state index contributed by atoms with van der Waals surface area (Å²) in [6, 6.07) is 14.0. The van der Waals surface area contributed by atoms with Gasteiger partial charge in [-0.2, -0.15) is 0 Å². The Bertz CT molecular complexity index is 1220. The molecule has 1 aliphatic rings. The maximum atomic E-state index is 13.4. The predicted octanol–water partition coefficient (Wildman–Crippen LogP) is 5.53. The Morgan fingerprint density at radius 3 is 2.69 bits per heavy atom. The first-order chi connectivity index (χ1) is 15.7. The Balaban J connectivity index is 1.17. The third kappa shape index (κ3) is 4.37. The second-order valence-corrected chi connectivity index (χ2v) is 8.29. The van der Waals surface area contributed by atoms with Crippen molar-refractivity contribution in [3.05, 3.63) is 72.4 Å². The van der Waals surface area contributed by atoms with E-state index in [1.165, 1.54) is 17.7 Å². The molecule has 0 spiro atoms. The zero-order chi connectivity index (χ0) is 21.9. The van der Waals surface area contributed by atoms with Gasteiger partial charge in [0.05, 0.1) is 5.39 Å². The number of aryl methyl sites for hydroxylation is 1. The van der Waals surface area contributed by atoms with E-state index in [9.17, 15) is 4.39 Å². The molecule has 0 aliphatic carbocycles. The number of rotatable bonds is 6. The summed E-state index contributed by atoms with van der Waals surface area (Å²) < 4.78 is 19.2. The largest absolute Gasteiger partial charge is 0.457 e. The topological polar surface area (TPSA) is 66.1 Å². The average Bonchev–Trinajstić information content (AvgIpc) is 3.19. The summed E-state index contributed by atoms with van der Waals surface area (Å²) in [5.41, 5.74) is 3.08. The Morgan fingerprint density at radius 2 is 1.88 bits per heavy atom. The maximum Gasteiger partial charge on any atom is 0.143 e. The van der Waals surface area contributed by atoms with E-state index in [1.807, 2.05) is 30.5 Å². The summed E-state index contributed by atoms with van der Waals surface area (Å²) in [7, 11) is 0. The first-order valence-electron chi connectivity index (χ1n) is 11.0. The number of anilines is 2. The van der Waals surface area contributed by atoms with Crippen molar-refractivity contribution in [3.63, 3.8) is 0 Å². The molecule has 0 atom stereocenters. The molecule has 1 saturated heterocycles. The highest BCUT2D eigenvalue weighted by molar-refractivity contribution is 5.90. The molecule has 2 N–H and O–H groups in total. The highest BCUT2D eigenvalue weighted by atomic mass is 19.1. The van der Waals surface area contributed by atoms with Gasteiger partial charge in [-0.05, 0) is 55.5 Å². The average molecular weight is 432 g/mol. The number of nitrogens with zero attached hydrogens (tertiary/aromatic N) is 3. The number of nitrogens with one attached hydrogen (secondary N) is 2. The predicted molar refractivity (Wildman–Crippen MR) is 125 cm³/mol. The minimum atomic E-state index is -0.308. The maximum absolute atomic E-state index is 13.4. The van der Waals surface area contributed by atoms with Gasteiger partial charge in [0.25, 0.3) is 0 Å². The Kier molecular flexibility index (Phi) is 5.62.